The number of ether oxygens (including phenoxy) is 1. The first-order chi connectivity index (χ1) is 10.5. The molecule has 0 saturated carbocycles. The minimum Gasteiger partial charge on any atom is -0.479 e. The fourth-order valence-electron chi connectivity index (χ4n) is 2.52. The van der Waals surface area contributed by atoms with E-state index < -0.39 is 11.0 Å². The molecule has 1 amide bonds. The van der Waals surface area contributed by atoms with E-state index in [1.54, 1.807) is 17.9 Å². The van der Waals surface area contributed by atoms with Crippen LogP contribution in [0.5, 0.6) is 5.75 Å². The number of rotatable bonds is 6. The van der Waals surface area contributed by atoms with Crippen molar-refractivity contribution in [3.63, 3.8) is 0 Å². The maximum absolute atomic E-state index is 12.4. The maximum Gasteiger partial charge on any atom is 0.271 e. The molecule has 0 radical (unpaired) electrons. The van der Waals surface area contributed by atoms with Crippen LogP contribution in [0.3, 0.4) is 0 Å². The molecule has 120 valence electrons. The van der Waals surface area contributed by atoms with Gasteiger partial charge in [-0.3, -0.25) is 14.9 Å². The lowest BCUT2D eigenvalue weighted by Gasteiger charge is -2.34. The summed E-state index contributed by atoms with van der Waals surface area (Å²) < 4.78 is 5.54. The topological polar surface area (TPSA) is 75.9 Å². The van der Waals surface area contributed by atoms with Crippen molar-refractivity contribution in [1.29, 1.82) is 0 Å². The molecule has 0 fully saturated rings. The fraction of sp³-hybridized carbons (Fsp3) is 0.533. The van der Waals surface area contributed by atoms with Crippen LogP contribution in [-0.4, -0.2) is 48.0 Å². The summed E-state index contributed by atoms with van der Waals surface area (Å²) in [7, 11) is 0. The number of fused-ring (bicyclic) bond motifs is 1. The number of hydrogen-bond donors (Lipinski definition) is 0. The Hall–Kier alpha value is -2.15. The Morgan fingerprint density at radius 1 is 1.36 bits per heavy atom. The largest absolute Gasteiger partial charge is 0.479 e. The van der Waals surface area contributed by atoms with Crippen molar-refractivity contribution >= 4 is 17.3 Å². The van der Waals surface area contributed by atoms with Gasteiger partial charge in [-0.1, -0.05) is 13.8 Å². The van der Waals surface area contributed by atoms with Crippen molar-refractivity contribution in [1.82, 2.24) is 4.90 Å². The quantitative estimate of drug-likeness (QED) is 0.594. The van der Waals surface area contributed by atoms with Crippen molar-refractivity contribution in [2.24, 2.45) is 0 Å². The van der Waals surface area contributed by atoms with E-state index in [0.717, 1.165) is 13.1 Å². The zero-order valence-electron chi connectivity index (χ0n) is 13.1. The summed E-state index contributed by atoms with van der Waals surface area (Å²) >= 11 is 0. The van der Waals surface area contributed by atoms with Gasteiger partial charge in [-0.05, 0) is 26.1 Å². The third-order valence-electron chi connectivity index (χ3n) is 3.90. The number of likely N-dealkylation sites (N-methyl/N-ethyl adjacent to an activating group) is 1. The van der Waals surface area contributed by atoms with Crippen molar-refractivity contribution in [3.8, 4) is 5.75 Å². The number of amides is 1. The van der Waals surface area contributed by atoms with Crippen LogP contribution < -0.4 is 9.64 Å². The number of nitro groups is 1. The van der Waals surface area contributed by atoms with Crippen molar-refractivity contribution < 1.29 is 14.5 Å². The second-order valence-electron chi connectivity index (χ2n) is 5.19. The first-order valence-electron chi connectivity index (χ1n) is 7.46. The van der Waals surface area contributed by atoms with Gasteiger partial charge in [0.05, 0.1) is 10.6 Å². The molecule has 1 unspecified atom stereocenters. The number of nitro benzene ring substituents is 1. The molecule has 0 bridgehead atoms. The lowest BCUT2D eigenvalue weighted by atomic mass is 10.1. The zero-order chi connectivity index (χ0) is 16.3. The van der Waals surface area contributed by atoms with E-state index in [0.29, 0.717) is 24.5 Å². The molecule has 1 aliphatic heterocycles. The van der Waals surface area contributed by atoms with Crippen LogP contribution in [0.15, 0.2) is 18.2 Å². The highest BCUT2D eigenvalue weighted by Gasteiger charge is 2.32. The fourth-order valence-corrected chi connectivity index (χ4v) is 2.52. The minimum absolute atomic E-state index is 0.0439. The second kappa shape index (κ2) is 6.74. The second-order valence-corrected chi connectivity index (χ2v) is 5.19. The molecule has 1 heterocycles. The highest BCUT2D eigenvalue weighted by Crippen LogP contribution is 2.36. The molecule has 2 rings (SSSR count). The molecular weight excluding hydrogens is 286 g/mol. The number of carbonyl (C=O) groups excluding carboxylic acids is 1. The van der Waals surface area contributed by atoms with Gasteiger partial charge in [0.15, 0.2) is 6.10 Å². The Labute approximate surface area is 129 Å². The number of nitrogens with zero attached hydrogens (tertiary/aromatic N) is 3. The Morgan fingerprint density at radius 3 is 2.64 bits per heavy atom. The molecule has 0 aromatic heterocycles. The van der Waals surface area contributed by atoms with Gasteiger partial charge in [-0.15, -0.1) is 0 Å². The Bertz CT molecular complexity index is 572. The van der Waals surface area contributed by atoms with Gasteiger partial charge in [0.25, 0.3) is 11.6 Å². The smallest absolute Gasteiger partial charge is 0.271 e. The Balaban J connectivity index is 2.30. The average molecular weight is 307 g/mol. The Morgan fingerprint density at radius 2 is 2.05 bits per heavy atom. The van der Waals surface area contributed by atoms with Crippen LogP contribution in [0.4, 0.5) is 11.4 Å². The molecule has 7 nitrogen and oxygen atoms in total. The highest BCUT2D eigenvalue weighted by atomic mass is 16.6. The summed E-state index contributed by atoms with van der Waals surface area (Å²) in [6.45, 7) is 8.81. The molecule has 1 aromatic rings. The molecular formula is C15H21N3O4. The predicted molar refractivity (Wildman–Crippen MR) is 83.3 cm³/mol. The summed E-state index contributed by atoms with van der Waals surface area (Å²) in [6.07, 6.45) is -0.578. The number of benzene rings is 1. The molecule has 0 aliphatic carbocycles. The molecule has 0 N–H and O–H groups in total. The van der Waals surface area contributed by atoms with E-state index in [1.165, 1.54) is 12.1 Å². The minimum atomic E-state index is -0.578. The van der Waals surface area contributed by atoms with Crippen LogP contribution in [0, 0.1) is 10.1 Å². The number of anilines is 1. The first kappa shape index (κ1) is 16.2. The lowest BCUT2D eigenvalue weighted by molar-refractivity contribution is -0.384. The third-order valence-corrected chi connectivity index (χ3v) is 3.90. The molecule has 0 spiro atoms. The summed E-state index contributed by atoms with van der Waals surface area (Å²) in [4.78, 5) is 26.6. The molecule has 22 heavy (non-hydrogen) atoms. The van der Waals surface area contributed by atoms with Gasteiger partial charge in [0.1, 0.15) is 5.75 Å². The van der Waals surface area contributed by atoms with E-state index in [1.807, 2.05) is 0 Å². The maximum atomic E-state index is 12.4. The first-order valence-corrected chi connectivity index (χ1v) is 7.46. The zero-order valence-corrected chi connectivity index (χ0v) is 13.1. The molecule has 1 aromatic carbocycles. The van der Waals surface area contributed by atoms with Crippen molar-refractivity contribution in [3.05, 3.63) is 28.3 Å². The van der Waals surface area contributed by atoms with E-state index in [-0.39, 0.29) is 11.6 Å². The van der Waals surface area contributed by atoms with Gasteiger partial charge in [0, 0.05) is 25.2 Å². The van der Waals surface area contributed by atoms with Crippen LogP contribution in [0.2, 0.25) is 0 Å². The predicted octanol–water partition coefficient (Wildman–Crippen LogP) is 2.05. The van der Waals surface area contributed by atoms with Gasteiger partial charge in [-0.2, -0.15) is 0 Å². The summed E-state index contributed by atoms with van der Waals surface area (Å²) in [5.74, 6) is 0.345. The summed E-state index contributed by atoms with van der Waals surface area (Å²) in [5.41, 5.74) is 0.432. The SMILES string of the molecule is CCN(CC)CCN1C(=O)C(C)Oc2ccc([N+](=O)[O-])cc21. The Kier molecular flexibility index (Phi) is 4.97. The van der Waals surface area contributed by atoms with Crippen LogP contribution in [0.1, 0.15) is 20.8 Å². The van der Waals surface area contributed by atoms with E-state index in [2.05, 4.69) is 18.7 Å². The molecule has 1 atom stereocenters. The van der Waals surface area contributed by atoms with E-state index in [4.69, 9.17) is 4.74 Å². The number of hydrogen-bond acceptors (Lipinski definition) is 5. The molecule has 0 saturated heterocycles. The number of non-ortho nitro benzene ring substituents is 1. The monoisotopic (exact) mass is 307 g/mol. The normalized spacial score (nSPS) is 17.4. The average Bonchev–Trinajstić information content (AvgIpc) is 2.51. The van der Waals surface area contributed by atoms with Crippen LogP contribution in [0.25, 0.3) is 0 Å². The molecule has 1 aliphatic rings. The van der Waals surface area contributed by atoms with Crippen LogP contribution in [-0.2, 0) is 4.79 Å². The highest BCUT2D eigenvalue weighted by molar-refractivity contribution is 6.00. The lowest BCUT2D eigenvalue weighted by Crippen LogP contribution is -2.47. The van der Waals surface area contributed by atoms with E-state index in [9.17, 15) is 14.9 Å². The van der Waals surface area contributed by atoms with E-state index >= 15 is 0 Å². The standard InChI is InChI=1S/C15H21N3O4/c1-4-16(5-2)8-9-17-13-10-12(18(20)21)6-7-14(13)22-11(3)15(17)19/h6-7,10-11H,4-5,8-9H2,1-3H3. The van der Waals surface area contributed by atoms with Gasteiger partial charge < -0.3 is 14.5 Å². The third kappa shape index (κ3) is 3.19. The molecule has 7 heteroatoms. The van der Waals surface area contributed by atoms with Crippen molar-refractivity contribution in [2.75, 3.05) is 31.1 Å². The van der Waals surface area contributed by atoms with Crippen LogP contribution >= 0.6 is 0 Å². The van der Waals surface area contributed by atoms with Crippen molar-refractivity contribution in [2.45, 2.75) is 26.9 Å². The van der Waals surface area contributed by atoms with Gasteiger partial charge in [-0.25, -0.2) is 0 Å². The summed E-state index contributed by atoms with van der Waals surface area (Å²) in [5, 5.41) is 11.0. The summed E-state index contributed by atoms with van der Waals surface area (Å²) in [6, 6.07) is 4.35. The van der Waals surface area contributed by atoms with Gasteiger partial charge >= 0.3 is 0 Å². The number of carbonyl (C=O) groups is 1. The van der Waals surface area contributed by atoms with Gasteiger partial charge in [0.2, 0.25) is 0 Å².